The minimum Gasteiger partial charge on any atom is -0.304 e. The lowest BCUT2D eigenvalue weighted by molar-refractivity contribution is 0.144. The van der Waals surface area contributed by atoms with Crippen LogP contribution in [0, 0.1) is 11.8 Å². The molecule has 2 heteroatoms. The first-order chi connectivity index (χ1) is 19.7. The zero-order chi connectivity index (χ0) is 28.9. The van der Waals surface area contributed by atoms with Gasteiger partial charge in [-0.2, -0.15) is 0 Å². The van der Waals surface area contributed by atoms with Gasteiger partial charge in [0.05, 0.1) is 0 Å². The molecule has 240 valence electrons. The van der Waals surface area contributed by atoms with Crippen molar-refractivity contribution in [3.63, 3.8) is 0 Å². The van der Waals surface area contributed by atoms with Crippen LogP contribution in [0.25, 0.3) is 0 Å². The van der Waals surface area contributed by atoms with Gasteiger partial charge >= 0.3 is 0 Å². The van der Waals surface area contributed by atoms with Crippen molar-refractivity contribution >= 4 is 0 Å². The van der Waals surface area contributed by atoms with Crippen LogP contribution in [0.1, 0.15) is 194 Å². The summed E-state index contributed by atoms with van der Waals surface area (Å²) in [5.41, 5.74) is 0. The SMILES string of the molecule is CCCCCCCCCC(CCCCCCCCCCC(CCCCC)CCCCC)CCN1CCN(C)CC1. The van der Waals surface area contributed by atoms with E-state index in [1.807, 2.05) is 0 Å². The average Bonchev–Trinajstić information content (AvgIpc) is 2.96. The molecule has 1 atom stereocenters. The third kappa shape index (κ3) is 23.5. The molecule has 0 aliphatic carbocycles. The Balaban J connectivity index is 2.13. The van der Waals surface area contributed by atoms with E-state index in [1.54, 1.807) is 0 Å². The second kappa shape index (κ2) is 29.0. The third-order valence-corrected chi connectivity index (χ3v) is 10.1. The number of unbranched alkanes of at least 4 members (excludes halogenated alkanes) is 17. The Morgan fingerprint density at radius 1 is 0.375 bits per heavy atom. The van der Waals surface area contributed by atoms with E-state index in [2.05, 4.69) is 37.6 Å². The summed E-state index contributed by atoms with van der Waals surface area (Å²) in [7, 11) is 2.28. The Labute approximate surface area is 255 Å². The van der Waals surface area contributed by atoms with Crippen molar-refractivity contribution in [2.45, 2.75) is 194 Å². The van der Waals surface area contributed by atoms with Gasteiger partial charge < -0.3 is 9.80 Å². The predicted molar refractivity (Wildman–Crippen MR) is 183 cm³/mol. The minimum atomic E-state index is 0.984. The van der Waals surface area contributed by atoms with Crippen LogP contribution in [0.4, 0.5) is 0 Å². The molecule has 0 bridgehead atoms. The molecule has 0 saturated carbocycles. The van der Waals surface area contributed by atoms with Crippen LogP contribution in [-0.2, 0) is 0 Å². The maximum atomic E-state index is 2.75. The molecule has 1 unspecified atom stereocenters. The van der Waals surface area contributed by atoms with Crippen molar-refractivity contribution in [1.29, 1.82) is 0 Å². The van der Waals surface area contributed by atoms with Gasteiger partial charge in [0.1, 0.15) is 0 Å². The first kappa shape index (κ1) is 37.9. The van der Waals surface area contributed by atoms with Crippen molar-refractivity contribution in [2.75, 3.05) is 39.8 Å². The molecule has 1 fully saturated rings. The van der Waals surface area contributed by atoms with Gasteiger partial charge in [0.15, 0.2) is 0 Å². The molecule has 40 heavy (non-hydrogen) atoms. The molecule has 0 N–H and O–H groups in total. The van der Waals surface area contributed by atoms with Gasteiger partial charge in [-0.05, 0) is 31.8 Å². The zero-order valence-electron chi connectivity index (χ0n) is 28.7. The van der Waals surface area contributed by atoms with Crippen LogP contribution in [0.15, 0.2) is 0 Å². The maximum Gasteiger partial charge on any atom is 0.0110 e. The zero-order valence-corrected chi connectivity index (χ0v) is 28.7. The number of likely N-dealkylation sites (N-methyl/N-ethyl adjacent to an activating group) is 1. The summed E-state index contributed by atoms with van der Waals surface area (Å²) in [6.45, 7) is 13.5. The largest absolute Gasteiger partial charge is 0.304 e. The molecule has 1 heterocycles. The lowest BCUT2D eigenvalue weighted by Crippen LogP contribution is -2.44. The van der Waals surface area contributed by atoms with Crippen LogP contribution in [0.5, 0.6) is 0 Å². The number of piperazine rings is 1. The normalized spacial score (nSPS) is 15.8. The summed E-state index contributed by atoms with van der Waals surface area (Å²) in [4.78, 5) is 5.24. The molecule has 2 nitrogen and oxygen atoms in total. The molecule has 0 aromatic heterocycles. The summed E-state index contributed by atoms with van der Waals surface area (Å²) in [5.74, 6) is 2.02. The predicted octanol–water partition coefficient (Wildman–Crippen LogP) is 12.1. The lowest BCUT2D eigenvalue weighted by atomic mass is 9.90. The van der Waals surface area contributed by atoms with E-state index >= 15 is 0 Å². The van der Waals surface area contributed by atoms with E-state index in [1.165, 1.54) is 206 Å². The maximum absolute atomic E-state index is 2.75. The fourth-order valence-electron chi connectivity index (χ4n) is 6.99. The highest BCUT2D eigenvalue weighted by Gasteiger charge is 2.16. The molecule has 0 radical (unpaired) electrons. The summed E-state index contributed by atoms with van der Waals surface area (Å²) in [6, 6.07) is 0. The fraction of sp³-hybridized carbons (Fsp3) is 1.00. The second-order valence-corrected chi connectivity index (χ2v) is 14.0. The Morgan fingerprint density at radius 3 is 1.07 bits per heavy atom. The summed E-state index contributed by atoms with van der Waals surface area (Å²) < 4.78 is 0. The highest BCUT2D eigenvalue weighted by atomic mass is 15.2. The van der Waals surface area contributed by atoms with Gasteiger partial charge in [0.2, 0.25) is 0 Å². The van der Waals surface area contributed by atoms with Gasteiger partial charge in [0, 0.05) is 26.2 Å². The first-order valence-corrected chi connectivity index (χ1v) is 19.1. The van der Waals surface area contributed by atoms with Gasteiger partial charge in [0.25, 0.3) is 0 Å². The van der Waals surface area contributed by atoms with Crippen molar-refractivity contribution < 1.29 is 0 Å². The van der Waals surface area contributed by atoms with Gasteiger partial charge in [-0.3, -0.25) is 0 Å². The Morgan fingerprint density at radius 2 is 0.675 bits per heavy atom. The monoisotopic (exact) mass is 563 g/mol. The molecule has 0 spiro atoms. The van der Waals surface area contributed by atoms with Gasteiger partial charge in [-0.1, -0.05) is 188 Å². The molecule has 0 aromatic carbocycles. The summed E-state index contributed by atoms with van der Waals surface area (Å²) >= 11 is 0. The van der Waals surface area contributed by atoms with Crippen LogP contribution >= 0.6 is 0 Å². The minimum absolute atomic E-state index is 0.984. The molecule has 1 saturated heterocycles. The van der Waals surface area contributed by atoms with Crippen LogP contribution < -0.4 is 0 Å². The van der Waals surface area contributed by atoms with Crippen molar-refractivity contribution in [3.05, 3.63) is 0 Å². The summed E-state index contributed by atoms with van der Waals surface area (Å²) in [5, 5.41) is 0. The van der Waals surface area contributed by atoms with Gasteiger partial charge in [-0.15, -0.1) is 0 Å². The second-order valence-electron chi connectivity index (χ2n) is 14.0. The Hall–Kier alpha value is -0.0800. The molecule has 1 aliphatic rings. The lowest BCUT2D eigenvalue weighted by Gasteiger charge is -2.33. The third-order valence-electron chi connectivity index (χ3n) is 10.1. The quantitative estimate of drug-likeness (QED) is 0.0803. The molecule has 0 aromatic rings. The highest BCUT2D eigenvalue weighted by Crippen LogP contribution is 2.25. The number of rotatable bonds is 30. The standard InChI is InChI=1S/C38H78N2/c1-5-8-11-12-15-18-24-29-38(31-32-40-35-33-39(4)34-36-40)30-25-20-17-14-13-16-19-23-28-37(26-21-9-6-2)27-22-10-7-3/h37-38H,5-36H2,1-4H3. The van der Waals surface area contributed by atoms with E-state index in [-0.39, 0.29) is 0 Å². The van der Waals surface area contributed by atoms with Crippen LogP contribution in [0.2, 0.25) is 0 Å². The average molecular weight is 563 g/mol. The Bertz CT molecular complexity index is 474. The molecule has 0 amide bonds. The van der Waals surface area contributed by atoms with Crippen LogP contribution in [0.3, 0.4) is 0 Å². The van der Waals surface area contributed by atoms with E-state index in [9.17, 15) is 0 Å². The molecular weight excluding hydrogens is 484 g/mol. The fourth-order valence-corrected chi connectivity index (χ4v) is 6.99. The van der Waals surface area contributed by atoms with E-state index in [0.717, 1.165) is 11.8 Å². The van der Waals surface area contributed by atoms with Crippen molar-refractivity contribution in [1.82, 2.24) is 9.80 Å². The molecule has 1 aliphatic heterocycles. The first-order valence-electron chi connectivity index (χ1n) is 19.1. The number of hydrogen-bond acceptors (Lipinski definition) is 2. The smallest absolute Gasteiger partial charge is 0.0110 e. The number of hydrogen-bond donors (Lipinski definition) is 0. The Kier molecular flexibility index (Phi) is 27.5. The van der Waals surface area contributed by atoms with Gasteiger partial charge in [-0.25, -0.2) is 0 Å². The van der Waals surface area contributed by atoms with E-state index < -0.39 is 0 Å². The highest BCUT2D eigenvalue weighted by molar-refractivity contribution is 4.71. The molecular formula is C38H78N2. The number of nitrogens with zero attached hydrogens (tertiary/aromatic N) is 2. The van der Waals surface area contributed by atoms with Crippen molar-refractivity contribution in [2.24, 2.45) is 11.8 Å². The molecule has 1 rings (SSSR count). The van der Waals surface area contributed by atoms with Crippen molar-refractivity contribution in [3.8, 4) is 0 Å². The topological polar surface area (TPSA) is 6.48 Å². The van der Waals surface area contributed by atoms with E-state index in [0.29, 0.717) is 0 Å². The van der Waals surface area contributed by atoms with Crippen LogP contribution in [-0.4, -0.2) is 49.6 Å². The van der Waals surface area contributed by atoms with E-state index in [4.69, 9.17) is 0 Å². The summed E-state index contributed by atoms with van der Waals surface area (Å²) in [6.07, 6.45) is 39.7.